The quantitative estimate of drug-likeness (QED) is 0.607. The molecule has 1 aromatic carbocycles. The number of carbonyl (C=O) groups is 1. The average molecular weight is 282 g/mol. The minimum absolute atomic E-state index is 0.0673. The predicted octanol–water partition coefficient (Wildman–Crippen LogP) is 3.80. The van der Waals surface area contributed by atoms with Crippen LogP contribution in [0.25, 0.3) is 0 Å². The van der Waals surface area contributed by atoms with Gasteiger partial charge in [-0.05, 0) is 38.0 Å². The van der Waals surface area contributed by atoms with Crippen LogP contribution >= 0.6 is 11.6 Å². The molecule has 0 aliphatic carbocycles. The van der Waals surface area contributed by atoms with Gasteiger partial charge in [0.25, 0.3) is 5.91 Å². The Labute approximate surface area is 119 Å². The molecule has 0 heterocycles. The van der Waals surface area contributed by atoms with E-state index in [1.807, 2.05) is 26.0 Å². The van der Waals surface area contributed by atoms with Crippen molar-refractivity contribution in [2.24, 2.45) is 0 Å². The van der Waals surface area contributed by atoms with E-state index in [4.69, 9.17) is 16.4 Å². The van der Waals surface area contributed by atoms with Gasteiger partial charge >= 0.3 is 0 Å². The van der Waals surface area contributed by atoms with Crippen molar-refractivity contribution in [1.29, 1.82) is 0 Å². The van der Waals surface area contributed by atoms with Crippen molar-refractivity contribution in [3.8, 4) is 0 Å². The van der Waals surface area contributed by atoms with Gasteiger partial charge in [-0.1, -0.05) is 35.4 Å². The van der Waals surface area contributed by atoms with Gasteiger partial charge in [-0.3, -0.25) is 9.63 Å². The molecule has 0 spiro atoms. The number of amides is 1. The molecule has 0 saturated heterocycles. The van der Waals surface area contributed by atoms with Crippen LogP contribution in [0.3, 0.4) is 0 Å². The topological polar surface area (TPSA) is 29.5 Å². The highest BCUT2D eigenvalue weighted by atomic mass is 35.5. The lowest BCUT2D eigenvalue weighted by Crippen LogP contribution is -2.30. The van der Waals surface area contributed by atoms with Gasteiger partial charge in [-0.15, -0.1) is 0 Å². The Morgan fingerprint density at radius 1 is 1.37 bits per heavy atom. The molecule has 0 aromatic heterocycles. The van der Waals surface area contributed by atoms with Crippen LogP contribution in [0.2, 0.25) is 5.02 Å². The maximum Gasteiger partial charge on any atom is 0.253 e. The number of hydroxylamine groups is 2. The summed E-state index contributed by atoms with van der Waals surface area (Å²) < 4.78 is 0. The zero-order valence-corrected chi connectivity index (χ0v) is 12.6. The molecule has 1 amide bonds. The second-order valence-electron chi connectivity index (χ2n) is 4.64. The van der Waals surface area contributed by atoms with Gasteiger partial charge in [0.15, 0.2) is 0 Å². The third kappa shape index (κ3) is 4.69. The number of halogens is 1. The van der Waals surface area contributed by atoms with Crippen LogP contribution < -0.4 is 0 Å². The lowest BCUT2D eigenvalue weighted by molar-refractivity contribution is -0.170. The number of rotatable bonds is 5. The van der Waals surface area contributed by atoms with Crippen molar-refractivity contribution in [2.75, 3.05) is 14.2 Å². The number of allylic oxidation sites excluding steroid dienone is 2. The summed E-state index contributed by atoms with van der Waals surface area (Å²) in [5, 5.41) is 1.93. The molecule has 0 aliphatic heterocycles. The number of nitrogens with zero attached hydrogens (tertiary/aromatic N) is 1. The smallest absolute Gasteiger partial charge is 0.253 e. The molecule has 0 aliphatic rings. The van der Waals surface area contributed by atoms with Crippen LogP contribution in [0.4, 0.5) is 0 Å². The number of benzene rings is 1. The molecule has 0 N–H and O–H groups in total. The first kappa shape index (κ1) is 15.7. The maximum absolute atomic E-state index is 12.3. The van der Waals surface area contributed by atoms with Crippen molar-refractivity contribution >= 4 is 17.5 Å². The molecule has 104 valence electrons. The number of hydrogen-bond donors (Lipinski definition) is 0. The Hall–Kier alpha value is -1.32. The molecular weight excluding hydrogens is 262 g/mol. The van der Waals surface area contributed by atoms with Crippen molar-refractivity contribution < 1.29 is 9.63 Å². The highest BCUT2D eigenvalue weighted by Crippen LogP contribution is 2.24. The van der Waals surface area contributed by atoms with Crippen LogP contribution in [0.5, 0.6) is 0 Å². The van der Waals surface area contributed by atoms with E-state index in [1.165, 1.54) is 17.7 Å². The third-order valence-electron chi connectivity index (χ3n) is 2.92. The summed E-state index contributed by atoms with van der Waals surface area (Å²) in [7, 11) is 3.10. The molecule has 0 bridgehead atoms. The predicted molar refractivity (Wildman–Crippen MR) is 78.0 cm³/mol. The Morgan fingerprint density at radius 3 is 2.42 bits per heavy atom. The SMILES string of the molecule is CON(C)C(=O)C(CC=C(C)C)c1ccc(Cl)cc1. The van der Waals surface area contributed by atoms with Gasteiger partial charge < -0.3 is 0 Å². The fourth-order valence-electron chi connectivity index (χ4n) is 1.74. The highest BCUT2D eigenvalue weighted by Gasteiger charge is 2.23. The van der Waals surface area contributed by atoms with Crippen LogP contribution in [0, 0.1) is 0 Å². The maximum atomic E-state index is 12.3. The molecule has 0 radical (unpaired) electrons. The minimum atomic E-state index is -0.253. The van der Waals surface area contributed by atoms with Gasteiger partial charge in [0.2, 0.25) is 0 Å². The van der Waals surface area contributed by atoms with Gasteiger partial charge in [0.1, 0.15) is 0 Å². The van der Waals surface area contributed by atoms with Gasteiger partial charge in [0, 0.05) is 12.1 Å². The zero-order valence-electron chi connectivity index (χ0n) is 11.8. The molecule has 1 atom stereocenters. The number of likely N-dealkylation sites (N-methyl/N-ethyl adjacent to an activating group) is 1. The number of hydrogen-bond acceptors (Lipinski definition) is 2. The lowest BCUT2D eigenvalue weighted by atomic mass is 9.94. The van der Waals surface area contributed by atoms with Crippen molar-refractivity contribution in [3.05, 3.63) is 46.5 Å². The largest absolute Gasteiger partial charge is 0.275 e. The first-order chi connectivity index (χ1) is 8.95. The fourth-order valence-corrected chi connectivity index (χ4v) is 1.86. The molecule has 0 fully saturated rings. The molecule has 4 heteroatoms. The van der Waals surface area contributed by atoms with Crippen molar-refractivity contribution in [3.63, 3.8) is 0 Å². The molecule has 0 saturated carbocycles. The third-order valence-corrected chi connectivity index (χ3v) is 3.17. The van der Waals surface area contributed by atoms with Crippen LogP contribution in [0.1, 0.15) is 31.7 Å². The van der Waals surface area contributed by atoms with Crippen molar-refractivity contribution in [2.45, 2.75) is 26.2 Å². The van der Waals surface area contributed by atoms with Crippen LogP contribution in [-0.2, 0) is 9.63 Å². The molecule has 1 rings (SSSR count). The van der Waals surface area contributed by atoms with E-state index in [-0.39, 0.29) is 11.8 Å². The summed E-state index contributed by atoms with van der Waals surface area (Å²) in [5.74, 6) is -0.320. The van der Waals surface area contributed by atoms with E-state index in [1.54, 1.807) is 19.2 Å². The lowest BCUT2D eigenvalue weighted by Gasteiger charge is -2.21. The summed E-state index contributed by atoms with van der Waals surface area (Å²) in [6, 6.07) is 7.36. The second-order valence-corrected chi connectivity index (χ2v) is 5.08. The summed E-state index contributed by atoms with van der Waals surface area (Å²) in [5.41, 5.74) is 2.13. The standard InChI is InChI=1S/C15H20ClNO2/c1-11(2)5-10-14(15(18)17(3)19-4)12-6-8-13(16)9-7-12/h5-9,14H,10H2,1-4H3. The average Bonchev–Trinajstić information content (AvgIpc) is 2.39. The molecular formula is C15H20ClNO2. The first-order valence-electron chi connectivity index (χ1n) is 6.16. The summed E-state index contributed by atoms with van der Waals surface area (Å²) in [6.07, 6.45) is 2.71. The summed E-state index contributed by atoms with van der Waals surface area (Å²) in [6.45, 7) is 4.03. The van der Waals surface area contributed by atoms with E-state index in [2.05, 4.69) is 6.08 Å². The minimum Gasteiger partial charge on any atom is -0.275 e. The highest BCUT2D eigenvalue weighted by molar-refractivity contribution is 6.30. The van der Waals surface area contributed by atoms with Gasteiger partial charge in [0.05, 0.1) is 13.0 Å². The molecule has 3 nitrogen and oxygen atoms in total. The Bertz CT molecular complexity index is 450. The molecule has 1 aromatic rings. The first-order valence-corrected chi connectivity index (χ1v) is 6.54. The van der Waals surface area contributed by atoms with Crippen LogP contribution in [0.15, 0.2) is 35.9 Å². The summed E-state index contributed by atoms with van der Waals surface area (Å²) in [4.78, 5) is 17.3. The normalized spacial score (nSPS) is 11.8. The second kappa shape index (κ2) is 7.31. The molecule has 19 heavy (non-hydrogen) atoms. The Morgan fingerprint density at radius 2 is 1.95 bits per heavy atom. The number of carbonyl (C=O) groups excluding carboxylic acids is 1. The Balaban J connectivity index is 3.01. The van der Waals surface area contributed by atoms with E-state index in [0.717, 1.165) is 5.56 Å². The monoisotopic (exact) mass is 281 g/mol. The van der Waals surface area contributed by atoms with E-state index in [9.17, 15) is 4.79 Å². The van der Waals surface area contributed by atoms with Crippen molar-refractivity contribution in [1.82, 2.24) is 5.06 Å². The molecule has 1 unspecified atom stereocenters. The summed E-state index contributed by atoms with van der Waals surface area (Å²) >= 11 is 5.88. The Kier molecular flexibility index (Phi) is 6.06. The van der Waals surface area contributed by atoms with E-state index in [0.29, 0.717) is 11.4 Å². The zero-order chi connectivity index (χ0) is 14.4. The van der Waals surface area contributed by atoms with Gasteiger partial charge in [-0.2, -0.15) is 0 Å². The van der Waals surface area contributed by atoms with Gasteiger partial charge in [-0.25, -0.2) is 5.06 Å². The van der Waals surface area contributed by atoms with E-state index >= 15 is 0 Å². The van der Waals surface area contributed by atoms with Crippen LogP contribution in [-0.4, -0.2) is 25.1 Å². The fraction of sp³-hybridized carbons (Fsp3) is 0.400. The van der Waals surface area contributed by atoms with E-state index < -0.39 is 0 Å².